The molecule has 0 unspecified atom stereocenters. The van der Waals surface area contributed by atoms with Gasteiger partial charge in [0.25, 0.3) is 0 Å². The van der Waals surface area contributed by atoms with Crippen LogP contribution in [0.25, 0.3) is 0 Å². The van der Waals surface area contributed by atoms with Gasteiger partial charge in [0.05, 0.1) is 0 Å². The molecule has 0 atom stereocenters. The first-order chi connectivity index (χ1) is 5.72. The van der Waals surface area contributed by atoms with Crippen LogP contribution in [0.2, 0.25) is 0 Å². The molecule has 0 heterocycles. The summed E-state index contributed by atoms with van der Waals surface area (Å²) in [6, 6.07) is 7.33. The Morgan fingerprint density at radius 3 is 2.92 bits per heavy atom. The van der Waals surface area contributed by atoms with Gasteiger partial charge in [0.15, 0.2) is 5.11 Å². The second kappa shape index (κ2) is 3.74. The van der Waals surface area contributed by atoms with E-state index < -0.39 is 0 Å². The highest BCUT2D eigenvalue weighted by Crippen LogP contribution is 2.08. The van der Waals surface area contributed by atoms with E-state index in [1.165, 1.54) is 0 Å². The maximum atomic E-state index is 5.28. The SMILES string of the molecule is C#Cc1cccc(NC(N)=S)c1. The van der Waals surface area contributed by atoms with Crippen LogP contribution in [0.5, 0.6) is 0 Å². The fourth-order valence-corrected chi connectivity index (χ4v) is 0.947. The first-order valence-electron chi connectivity index (χ1n) is 3.35. The smallest absolute Gasteiger partial charge is 0.168 e. The molecule has 0 amide bonds. The first-order valence-corrected chi connectivity index (χ1v) is 3.76. The third-order valence-corrected chi connectivity index (χ3v) is 1.40. The largest absolute Gasteiger partial charge is 0.376 e. The zero-order valence-electron chi connectivity index (χ0n) is 6.37. The molecule has 0 radical (unpaired) electrons. The lowest BCUT2D eigenvalue weighted by Gasteiger charge is -2.02. The number of hydrogen-bond acceptors (Lipinski definition) is 1. The molecule has 3 N–H and O–H groups in total. The average Bonchev–Trinajstić information content (AvgIpc) is 2.03. The maximum absolute atomic E-state index is 5.28. The van der Waals surface area contributed by atoms with Crippen LogP contribution < -0.4 is 11.1 Å². The molecule has 0 aliphatic rings. The predicted molar refractivity (Wildman–Crippen MR) is 54.8 cm³/mol. The van der Waals surface area contributed by atoms with Crippen molar-refractivity contribution in [1.82, 2.24) is 0 Å². The van der Waals surface area contributed by atoms with E-state index in [0.29, 0.717) is 0 Å². The molecule has 0 saturated heterocycles. The number of nitrogens with one attached hydrogen (secondary N) is 1. The summed E-state index contributed by atoms with van der Waals surface area (Å²) in [6.45, 7) is 0. The van der Waals surface area contributed by atoms with Crippen LogP contribution in [0.15, 0.2) is 24.3 Å². The monoisotopic (exact) mass is 176 g/mol. The summed E-state index contributed by atoms with van der Waals surface area (Å²) in [6.07, 6.45) is 5.21. The van der Waals surface area contributed by atoms with Crippen LogP contribution in [-0.4, -0.2) is 5.11 Å². The van der Waals surface area contributed by atoms with Crippen molar-refractivity contribution < 1.29 is 0 Å². The Kier molecular flexibility index (Phi) is 2.67. The lowest BCUT2D eigenvalue weighted by atomic mass is 10.2. The molecule has 0 aliphatic carbocycles. The van der Waals surface area contributed by atoms with Crippen molar-refractivity contribution in [3.63, 3.8) is 0 Å². The fourth-order valence-electron chi connectivity index (χ4n) is 0.829. The molecule has 1 aromatic rings. The molecule has 12 heavy (non-hydrogen) atoms. The van der Waals surface area contributed by atoms with E-state index in [4.69, 9.17) is 12.2 Å². The molecule has 60 valence electrons. The molecule has 0 aromatic heterocycles. The van der Waals surface area contributed by atoms with Crippen LogP contribution in [0.3, 0.4) is 0 Å². The minimum Gasteiger partial charge on any atom is -0.376 e. The van der Waals surface area contributed by atoms with Crippen molar-refractivity contribution in [2.75, 3.05) is 5.32 Å². The Labute approximate surface area is 76.8 Å². The third-order valence-electron chi connectivity index (χ3n) is 1.30. The molecule has 0 fully saturated rings. The minimum absolute atomic E-state index is 0.240. The van der Waals surface area contributed by atoms with Gasteiger partial charge in [-0.2, -0.15) is 0 Å². The van der Waals surface area contributed by atoms with Crippen molar-refractivity contribution in [3.8, 4) is 12.3 Å². The van der Waals surface area contributed by atoms with Crippen molar-refractivity contribution in [2.45, 2.75) is 0 Å². The van der Waals surface area contributed by atoms with Gasteiger partial charge in [0, 0.05) is 11.3 Å². The molecule has 0 spiro atoms. The number of thiocarbonyl (C=S) groups is 1. The molecule has 1 rings (SSSR count). The lowest BCUT2D eigenvalue weighted by molar-refractivity contribution is 1.58. The Balaban J connectivity index is 2.88. The Bertz CT molecular complexity index is 339. The summed E-state index contributed by atoms with van der Waals surface area (Å²) in [5.74, 6) is 2.52. The van der Waals surface area contributed by atoms with Gasteiger partial charge in [-0.1, -0.05) is 12.0 Å². The number of hydrogen-bond donors (Lipinski definition) is 2. The van der Waals surface area contributed by atoms with Gasteiger partial charge in [0.1, 0.15) is 0 Å². The summed E-state index contributed by atoms with van der Waals surface area (Å²) in [5.41, 5.74) is 6.90. The van der Waals surface area contributed by atoms with Gasteiger partial charge in [-0.25, -0.2) is 0 Å². The Morgan fingerprint density at radius 1 is 1.58 bits per heavy atom. The lowest BCUT2D eigenvalue weighted by Crippen LogP contribution is -2.18. The first kappa shape index (κ1) is 8.57. The van der Waals surface area contributed by atoms with Crippen molar-refractivity contribution >= 4 is 23.0 Å². The molecule has 0 aliphatic heterocycles. The summed E-state index contributed by atoms with van der Waals surface area (Å²) in [7, 11) is 0. The topological polar surface area (TPSA) is 38.0 Å². The Morgan fingerprint density at radius 2 is 2.33 bits per heavy atom. The molecule has 1 aromatic carbocycles. The van der Waals surface area contributed by atoms with E-state index in [9.17, 15) is 0 Å². The summed E-state index contributed by atoms with van der Waals surface area (Å²) < 4.78 is 0. The van der Waals surface area contributed by atoms with Crippen LogP contribution in [-0.2, 0) is 0 Å². The predicted octanol–water partition coefficient (Wildman–Crippen LogP) is 1.32. The second-order valence-corrected chi connectivity index (χ2v) is 2.65. The van der Waals surface area contributed by atoms with E-state index in [1.54, 1.807) is 6.07 Å². The van der Waals surface area contributed by atoms with Crippen molar-refractivity contribution in [3.05, 3.63) is 29.8 Å². The van der Waals surface area contributed by atoms with Gasteiger partial charge in [-0.3, -0.25) is 0 Å². The van der Waals surface area contributed by atoms with E-state index in [2.05, 4.69) is 23.5 Å². The summed E-state index contributed by atoms with van der Waals surface area (Å²) >= 11 is 4.67. The number of rotatable bonds is 1. The standard InChI is InChI=1S/C9H8N2S/c1-2-7-4-3-5-8(6-7)11-9(10)12/h1,3-6H,(H3,10,11,12). The Hall–Kier alpha value is -1.53. The molecule has 3 heteroatoms. The van der Waals surface area contributed by atoms with E-state index in [-0.39, 0.29) is 5.11 Å². The van der Waals surface area contributed by atoms with E-state index in [0.717, 1.165) is 11.3 Å². The van der Waals surface area contributed by atoms with Gasteiger partial charge in [-0.15, -0.1) is 6.42 Å². The fraction of sp³-hybridized carbons (Fsp3) is 0. The average molecular weight is 176 g/mol. The number of anilines is 1. The quantitative estimate of drug-likeness (QED) is 0.500. The number of terminal acetylenes is 1. The van der Waals surface area contributed by atoms with E-state index >= 15 is 0 Å². The van der Waals surface area contributed by atoms with E-state index in [1.807, 2.05) is 18.2 Å². The zero-order chi connectivity index (χ0) is 8.97. The van der Waals surface area contributed by atoms with Gasteiger partial charge in [0.2, 0.25) is 0 Å². The minimum atomic E-state index is 0.240. The zero-order valence-corrected chi connectivity index (χ0v) is 7.19. The van der Waals surface area contributed by atoms with Gasteiger partial charge >= 0.3 is 0 Å². The van der Waals surface area contributed by atoms with Crippen molar-refractivity contribution in [1.29, 1.82) is 0 Å². The number of benzene rings is 1. The van der Waals surface area contributed by atoms with Crippen LogP contribution in [0.1, 0.15) is 5.56 Å². The van der Waals surface area contributed by atoms with Gasteiger partial charge in [-0.05, 0) is 30.4 Å². The summed E-state index contributed by atoms with van der Waals surface area (Å²) in [4.78, 5) is 0. The maximum Gasteiger partial charge on any atom is 0.168 e. The molecule has 0 saturated carbocycles. The highest BCUT2D eigenvalue weighted by atomic mass is 32.1. The number of nitrogens with two attached hydrogens (primary N) is 1. The van der Waals surface area contributed by atoms with Crippen LogP contribution >= 0.6 is 12.2 Å². The third kappa shape index (κ3) is 2.26. The van der Waals surface area contributed by atoms with Crippen LogP contribution in [0, 0.1) is 12.3 Å². The highest BCUT2D eigenvalue weighted by molar-refractivity contribution is 7.80. The summed E-state index contributed by atoms with van der Waals surface area (Å²) in [5, 5.41) is 3.03. The normalized spacial score (nSPS) is 8.58. The van der Waals surface area contributed by atoms with Crippen LogP contribution in [0.4, 0.5) is 5.69 Å². The molecule has 0 bridgehead atoms. The second-order valence-electron chi connectivity index (χ2n) is 2.21. The molecular formula is C9H8N2S. The van der Waals surface area contributed by atoms with Crippen molar-refractivity contribution in [2.24, 2.45) is 5.73 Å². The van der Waals surface area contributed by atoms with Gasteiger partial charge < -0.3 is 11.1 Å². The molecule has 2 nitrogen and oxygen atoms in total. The molecular weight excluding hydrogens is 168 g/mol. The highest BCUT2D eigenvalue weighted by Gasteiger charge is 1.92.